The van der Waals surface area contributed by atoms with Gasteiger partial charge in [-0.1, -0.05) is 35.9 Å². The molecule has 2 N–H and O–H groups in total. The molecule has 33 heavy (non-hydrogen) atoms. The highest BCUT2D eigenvalue weighted by molar-refractivity contribution is 6.30. The Balaban J connectivity index is 1.81. The standard InChI is InChI=1S/C25H32ClFN2O4/c1-15-8-6-7-9-16(15)14-29(5)22-20(28-24(31)33-25(2,3)4)13-21(23(22)30)32-17-10-11-19(27)18(26)12-17/h6-12,20-23,30H,13-14H2,1-5H3,(H,28,31)/t20-,21-,22+,23+/m1/s1. The summed E-state index contributed by atoms with van der Waals surface area (Å²) in [4.78, 5) is 14.5. The van der Waals surface area contributed by atoms with Crippen molar-refractivity contribution in [1.82, 2.24) is 10.2 Å². The quantitative estimate of drug-likeness (QED) is 0.630. The molecular weight excluding hydrogens is 447 g/mol. The number of aryl methyl sites for hydroxylation is 1. The smallest absolute Gasteiger partial charge is 0.407 e. The van der Waals surface area contributed by atoms with Crippen LogP contribution in [-0.4, -0.2) is 53.0 Å². The van der Waals surface area contributed by atoms with E-state index in [4.69, 9.17) is 21.1 Å². The fourth-order valence-corrected chi connectivity index (χ4v) is 4.33. The van der Waals surface area contributed by atoms with Crippen molar-refractivity contribution in [1.29, 1.82) is 0 Å². The number of nitrogens with one attached hydrogen (secondary N) is 1. The molecule has 0 radical (unpaired) electrons. The Bertz CT molecular complexity index is 981. The van der Waals surface area contributed by atoms with Gasteiger partial charge in [0.05, 0.1) is 17.1 Å². The van der Waals surface area contributed by atoms with Crippen LogP contribution in [0.3, 0.4) is 0 Å². The lowest BCUT2D eigenvalue weighted by Gasteiger charge is -2.33. The molecule has 1 aliphatic carbocycles. The second-order valence-electron chi connectivity index (χ2n) is 9.54. The zero-order valence-electron chi connectivity index (χ0n) is 19.6. The van der Waals surface area contributed by atoms with Crippen molar-refractivity contribution in [3.63, 3.8) is 0 Å². The van der Waals surface area contributed by atoms with E-state index < -0.39 is 41.8 Å². The minimum atomic E-state index is -0.914. The highest BCUT2D eigenvalue weighted by atomic mass is 35.5. The molecule has 0 spiro atoms. The summed E-state index contributed by atoms with van der Waals surface area (Å²) in [6.45, 7) is 8.00. The Morgan fingerprint density at radius 1 is 1.27 bits per heavy atom. The first-order valence-electron chi connectivity index (χ1n) is 11.0. The number of ether oxygens (including phenoxy) is 2. The minimum Gasteiger partial charge on any atom is -0.488 e. The van der Waals surface area contributed by atoms with Gasteiger partial charge in [0.25, 0.3) is 0 Å². The summed E-state index contributed by atoms with van der Waals surface area (Å²) in [5.41, 5.74) is 1.62. The number of carbonyl (C=O) groups excluding carboxylic acids is 1. The third-order valence-corrected chi connectivity index (χ3v) is 5.99. The van der Waals surface area contributed by atoms with E-state index in [2.05, 4.69) is 5.32 Å². The molecule has 0 saturated heterocycles. The molecule has 8 heteroatoms. The number of aliphatic hydroxyl groups excluding tert-OH is 1. The van der Waals surface area contributed by atoms with E-state index in [0.717, 1.165) is 11.1 Å². The molecule has 2 aromatic rings. The van der Waals surface area contributed by atoms with Crippen molar-refractivity contribution in [2.24, 2.45) is 0 Å². The van der Waals surface area contributed by atoms with Crippen LogP contribution >= 0.6 is 11.6 Å². The van der Waals surface area contributed by atoms with E-state index in [0.29, 0.717) is 18.7 Å². The molecule has 1 fully saturated rings. The first kappa shape index (κ1) is 25.3. The Hall–Kier alpha value is -2.35. The van der Waals surface area contributed by atoms with E-state index in [1.54, 1.807) is 20.8 Å². The van der Waals surface area contributed by atoms with Crippen LogP contribution < -0.4 is 10.1 Å². The van der Waals surface area contributed by atoms with Gasteiger partial charge in [-0.25, -0.2) is 9.18 Å². The fraction of sp³-hybridized carbons (Fsp3) is 0.480. The third kappa shape index (κ3) is 6.59. The van der Waals surface area contributed by atoms with Crippen LogP contribution in [0.1, 0.15) is 38.3 Å². The highest BCUT2D eigenvalue weighted by Crippen LogP contribution is 2.31. The van der Waals surface area contributed by atoms with Crippen molar-refractivity contribution in [2.75, 3.05) is 7.05 Å². The Morgan fingerprint density at radius 2 is 1.97 bits per heavy atom. The maximum Gasteiger partial charge on any atom is 0.407 e. The van der Waals surface area contributed by atoms with Crippen LogP contribution in [0.4, 0.5) is 9.18 Å². The van der Waals surface area contributed by atoms with E-state index in [1.165, 1.54) is 18.2 Å². The summed E-state index contributed by atoms with van der Waals surface area (Å²) < 4.78 is 24.9. The lowest BCUT2D eigenvalue weighted by atomic mass is 10.1. The van der Waals surface area contributed by atoms with Crippen LogP contribution in [0.2, 0.25) is 5.02 Å². The van der Waals surface area contributed by atoms with Gasteiger partial charge in [-0.2, -0.15) is 0 Å². The predicted octanol–water partition coefficient (Wildman–Crippen LogP) is 4.69. The van der Waals surface area contributed by atoms with Gasteiger partial charge < -0.3 is 19.9 Å². The van der Waals surface area contributed by atoms with Crippen LogP contribution in [0.5, 0.6) is 5.75 Å². The summed E-state index contributed by atoms with van der Waals surface area (Å²) >= 11 is 5.88. The Labute approximate surface area is 199 Å². The van der Waals surface area contributed by atoms with Crippen LogP contribution in [0, 0.1) is 12.7 Å². The zero-order valence-corrected chi connectivity index (χ0v) is 20.4. The Morgan fingerprint density at radius 3 is 2.61 bits per heavy atom. The van der Waals surface area contributed by atoms with E-state index in [9.17, 15) is 14.3 Å². The second-order valence-corrected chi connectivity index (χ2v) is 9.95. The largest absolute Gasteiger partial charge is 0.488 e. The molecule has 4 atom stereocenters. The molecule has 0 heterocycles. The lowest BCUT2D eigenvalue weighted by molar-refractivity contribution is 0.0108. The molecule has 1 aliphatic rings. The Kier molecular flexibility index (Phi) is 7.88. The molecule has 3 rings (SSSR count). The molecular formula is C25H32ClFN2O4. The predicted molar refractivity (Wildman–Crippen MR) is 126 cm³/mol. The van der Waals surface area contributed by atoms with Gasteiger partial charge in [0.1, 0.15) is 29.4 Å². The number of hydrogen-bond acceptors (Lipinski definition) is 5. The maximum atomic E-state index is 13.5. The highest BCUT2D eigenvalue weighted by Gasteiger charge is 2.47. The minimum absolute atomic E-state index is 0.0587. The number of nitrogens with zero attached hydrogens (tertiary/aromatic N) is 1. The molecule has 6 nitrogen and oxygen atoms in total. The zero-order chi connectivity index (χ0) is 24.3. The summed E-state index contributed by atoms with van der Waals surface area (Å²) in [5.74, 6) is -0.194. The number of aliphatic hydroxyl groups is 1. The molecule has 0 bridgehead atoms. The van der Waals surface area contributed by atoms with Crippen molar-refractivity contribution < 1.29 is 23.8 Å². The maximum absolute atomic E-state index is 13.5. The molecule has 2 aromatic carbocycles. The van der Waals surface area contributed by atoms with Gasteiger partial charge in [-0.05, 0) is 58.0 Å². The summed E-state index contributed by atoms with van der Waals surface area (Å²) in [5, 5.41) is 14.0. The first-order valence-corrected chi connectivity index (χ1v) is 11.4. The third-order valence-electron chi connectivity index (χ3n) is 5.70. The normalized spacial score (nSPS) is 22.9. The molecule has 0 unspecified atom stereocenters. The van der Waals surface area contributed by atoms with Crippen molar-refractivity contribution in [2.45, 2.75) is 70.6 Å². The van der Waals surface area contributed by atoms with Gasteiger partial charge in [0.2, 0.25) is 0 Å². The molecule has 0 aromatic heterocycles. The van der Waals surface area contributed by atoms with Crippen LogP contribution in [-0.2, 0) is 11.3 Å². The summed E-state index contributed by atoms with van der Waals surface area (Å²) in [6, 6.07) is 11.2. The van der Waals surface area contributed by atoms with Gasteiger partial charge in [0.15, 0.2) is 0 Å². The van der Waals surface area contributed by atoms with Gasteiger partial charge in [0, 0.05) is 19.0 Å². The van der Waals surface area contributed by atoms with Gasteiger partial charge in [-0.15, -0.1) is 0 Å². The summed E-state index contributed by atoms with van der Waals surface area (Å²) in [6.07, 6.45) is -1.75. The molecule has 0 aliphatic heterocycles. The number of likely N-dealkylation sites (N-methyl/N-ethyl adjacent to an activating group) is 1. The molecule has 180 valence electrons. The fourth-order valence-electron chi connectivity index (χ4n) is 4.16. The number of hydrogen-bond donors (Lipinski definition) is 2. The van der Waals surface area contributed by atoms with Crippen molar-refractivity contribution in [3.05, 3.63) is 64.4 Å². The molecule has 1 amide bonds. The second kappa shape index (κ2) is 10.3. The number of halogens is 2. The van der Waals surface area contributed by atoms with Crippen molar-refractivity contribution >= 4 is 17.7 Å². The number of carbonyl (C=O) groups is 1. The average molecular weight is 479 g/mol. The van der Waals surface area contributed by atoms with E-state index in [1.807, 2.05) is 43.1 Å². The van der Waals surface area contributed by atoms with Crippen LogP contribution in [0.15, 0.2) is 42.5 Å². The average Bonchev–Trinajstić information content (AvgIpc) is 2.99. The SMILES string of the molecule is Cc1ccccc1CN(C)[C@@H]1[C@@H](O)[C@H](Oc2ccc(F)c(Cl)c2)C[C@H]1NC(=O)OC(C)(C)C. The monoisotopic (exact) mass is 478 g/mol. The van der Waals surface area contributed by atoms with Crippen LogP contribution in [0.25, 0.3) is 0 Å². The number of amides is 1. The molecule has 1 saturated carbocycles. The van der Waals surface area contributed by atoms with E-state index in [-0.39, 0.29) is 5.02 Å². The van der Waals surface area contributed by atoms with E-state index >= 15 is 0 Å². The number of benzene rings is 2. The first-order chi connectivity index (χ1) is 15.4. The van der Waals surface area contributed by atoms with Gasteiger partial charge in [-0.3, -0.25) is 4.90 Å². The summed E-state index contributed by atoms with van der Waals surface area (Å²) in [7, 11) is 1.90. The van der Waals surface area contributed by atoms with Crippen molar-refractivity contribution in [3.8, 4) is 5.75 Å². The lowest BCUT2D eigenvalue weighted by Crippen LogP contribution is -2.52. The van der Waals surface area contributed by atoms with Gasteiger partial charge >= 0.3 is 6.09 Å². The number of rotatable bonds is 6. The number of alkyl carbamates (subject to hydrolysis) is 1. The topological polar surface area (TPSA) is 71.0 Å².